The zero-order valence-corrected chi connectivity index (χ0v) is 20.1. The molecule has 0 spiro atoms. The van der Waals surface area contributed by atoms with Gasteiger partial charge in [-0.3, -0.25) is 4.79 Å². The normalized spacial score (nSPS) is 11.8. The number of nitrogens with zero attached hydrogens (tertiary/aromatic N) is 1. The third-order valence-electron chi connectivity index (χ3n) is 5.43. The van der Waals surface area contributed by atoms with Gasteiger partial charge in [0.1, 0.15) is 6.04 Å². The Morgan fingerprint density at radius 1 is 0.788 bits per heavy atom. The van der Waals surface area contributed by atoms with Gasteiger partial charge in [-0.05, 0) is 42.8 Å². The first-order valence-corrected chi connectivity index (χ1v) is 12.3. The van der Waals surface area contributed by atoms with Crippen molar-refractivity contribution >= 4 is 23.5 Å². The highest BCUT2D eigenvalue weighted by Gasteiger charge is 2.27. The van der Waals surface area contributed by atoms with Crippen LogP contribution in [0.4, 0.5) is 0 Å². The van der Waals surface area contributed by atoms with Crippen LogP contribution < -0.4 is 0 Å². The van der Waals surface area contributed by atoms with Gasteiger partial charge in [0, 0.05) is 22.4 Å². The molecule has 0 aromatic heterocycles. The van der Waals surface area contributed by atoms with Crippen LogP contribution in [0, 0.1) is 0 Å². The van der Waals surface area contributed by atoms with E-state index in [1.54, 1.807) is 43.1 Å². The third-order valence-corrected chi connectivity index (χ3v) is 6.44. The minimum absolute atomic E-state index is 0.0360. The van der Waals surface area contributed by atoms with Gasteiger partial charge in [-0.25, -0.2) is 4.79 Å². The fourth-order valence-corrected chi connectivity index (χ4v) is 4.41. The van der Waals surface area contributed by atoms with Crippen LogP contribution in [0.25, 0.3) is 0 Å². The molecule has 0 N–H and O–H groups in total. The lowest BCUT2D eigenvalue weighted by Gasteiger charge is -2.26. The Kier molecular flexibility index (Phi) is 9.73. The van der Waals surface area contributed by atoms with Crippen molar-refractivity contribution < 1.29 is 14.4 Å². The molecule has 3 rings (SSSR count). The topological polar surface area (TPSA) is 46.6 Å². The summed E-state index contributed by atoms with van der Waals surface area (Å²) < 4.78 is 0. The molecule has 3 aromatic rings. The van der Waals surface area contributed by atoms with Crippen LogP contribution in [-0.2, 0) is 4.84 Å². The molecule has 1 unspecified atom stereocenters. The molecule has 33 heavy (non-hydrogen) atoms. The summed E-state index contributed by atoms with van der Waals surface area (Å²) in [5, 5.41) is 1.43. The summed E-state index contributed by atoms with van der Waals surface area (Å²) in [5.41, 5.74) is 1.08. The molecular weight excluding hydrogens is 430 g/mol. The molecule has 0 radical (unpaired) electrons. The van der Waals surface area contributed by atoms with Crippen molar-refractivity contribution in [3.8, 4) is 0 Å². The van der Waals surface area contributed by atoms with Crippen LogP contribution in [0.15, 0.2) is 94.7 Å². The summed E-state index contributed by atoms with van der Waals surface area (Å²) in [6, 6.07) is 26.1. The SMILES string of the molecule is CCCCCCC(C(=O)c1ccc(Sc2ccccc2)cc1)N(C)OC(=O)c1ccccc1. The van der Waals surface area contributed by atoms with E-state index in [-0.39, 0.29) is 5.78 Å². The van der Waals surface area contributed by atoms with E-state index in [4.69, 9.17) is 4.84 Å². The van der Waals surface area contributed by atoms with Gasteiger partial charge in [0.15, 0.2) is 5.78 Å². The van der Waals surface area contributed by atoms with Crippen molar-refractivity contribution in [3.05, 3.63) is 96.1 Å². The molecule has 4 nitrogen and oxygen atoms in total. The van der Waals surface area contributed by atoms with Crippen molar-refractivity contribution in [2.24, 2.45) is 0 Å². The quantitative estimate of drug-likeness (QED) is 0.164. The van der Waals surface area contributed by atoms with E-state index in [2.05, 4.69) is 19.1 Å². The molecule has 0 saturated heterocycles. The molecule has 0 heterocycles. The minimum Gasteiger partial charge on any atom is -0.363 e. The van der Waals surface area contributed by atoms with Crippen molar-refractivity contribution in [2.45, 2.75) is 54.9 Å². The van der Waals surface area contributed by atoms with Gasteiger partial charge in [0.25, 0.3) is 0 Å². The fraction of sp³-hybridized carbons (Fsp3) is 0.286. The van der Waals surface area contributed by atoms with Crippen LogP contribution in [0.2, 0.25) is 0 Å². The van der Waals surface area contributed by atoms with E-state index in [9.17, 15) is 9.59 Å². The molecule has 172 valence electrons. The summed E-state index contributed by atoms with van der Waals surface area (Å²) in [4.78, 5) is 33.7. The highest BCUT2D eigenvalue weighted by atomic mass is 32.2. The van der Waals surface area contributed by atoms with Crippen LogP contribution in [-0.4, -0.2) is 29.9 Å². The maximum Gasteiger partial charge on any atom is 0.357 e. The molecule has 0 amide bonds. The van der Waals surface area contributed by atoms with E-state index < -0.39 is 12.0 Å². The number of ketones is 1. The number of carbonyl (C=O) groups is 2. The number of carbonyl (C=O) groups excluding carboxylic acids is 2. The molecule has 0 saturated carbocycles. The Morgan fingerprint density at radius 2 is 1.39 bits per heavy atom. The lowest BCUT2D eigenvalue weighted by Crippen LogP contribution is -2.40. The molecule has 0 bridgehead atoms. The van der Waals surface area contributed by atoms with E-state index in [1.165, 1.54) is 5.06 Å². The predicted octanol–water partition coefficient (Wildman–Crippen LogP) is 7.06. The van der Waals surface area contributed by atoms with Crippen LogP contribution in [0.3, 0.4) is 0 Å². The molecule has 3 aromatic carbocycles. The Hall–Kier alpha value is -2.89. The molecule has 0 aliphatic carbocycles. The van der Waals surface area contributed by atoms with Crippen molar-refractivity contribution in [2.75, 3.05) is 7.05 Å². The van der Waals surface area contributed by atoms with E-state index in [1.807, 2.05) is 48.5 Å². The van der Waals surface area contributed by atoms with Gasteiger partial charge in [-0.2, -0.15) is 0 Å². The average Bonchev–Trinajstić information content (AvgIpc) is 2.85. The van der Waals surface area contributed by atoms with Gasteiger partial charge in [0.2, 0.25) is 0 Å². The zero-order chi connectivity index (χ0) is 23.5. The van der Waals surface area contributed by atoms with Crippen molar-refractivity contribution in [1.29, 1.82) is 0 Å². The lowest BCUT2D eigenvalue weighted by atomic mass is 9.98. The summed E-state index contributed by atoms with van der Waals surface area (Å²) in [6.45, 7) is 2.16. The van der Waals surface area contributed by atoms with E-state index in [0.717, 1.165) is 35.5 Å². The number of Topliss-reactive ketones (excluding diaryl/α,β-unsaturated/α-hetero) is 1. The Balaban J connectivity index is 1.70. The smallest absolute Gasteiger partial charge is 0.357 e. The van der Waals surface area contributed by atoms with Gasteiger partial charge in [-0.15, -0.1) is 5.06 Å². The fourth-order valence-electron chi connectivity index (χ4n) is 3.57. The molecule has 5 heteroatoms. The molecule has 0 aliphatic heterocycles. The molecule has 0 fully saturated rings. The highest BCUT2D eigenvalue weighted by molar-refractivity contribution is 7.99. The van der Waals surface area contributed by atoms with E-state index >= 15 is 0 Å². The first-order chi connectivity index (χ1) is 16.1. The van der Waals surface area contributed by atoms with Gasteiger partial charge < -0.3 is 4.84 Å². The number of hydrogen-bond donors (Lipinski definition) is 0. The van der Waals surface area contributed by atoms with Crippen LogP contribution in [0.5, 0.6) is 0 Å². The molecule has 0 aliphatic rings. The summed E-state index contributed by atoms with van der Waals surface area (Å²) >= 11 is 1.66. The van der Waals surface area contributed by atoms with Crippen molar-refractivity contribution in [3.63, 3.8) is 0 Å². The van der Waals surface area contributed by atoms with Gasteiger partial charge in [0.05, 0.1) is 5.56 Å². The number of hydroxylamine groups is 2. The molecule has 1 atom stereocenters. The second-order valence-electron chi connectivity index (χ2n) is 7.96. The Morgan fingerprint density at radius 3 is 2.03 bits per heavy atom. The maximum atomic E-state index is 13.4. The summed E-state index contributed by atoms with van der Waals surface area (Å²) in [5.74, 6) is -0.495. The average molecular weight is 462 g/mol. The highest BCUT2D eigenvalue weighted by Crippen LogP contribution is 2.28. The summed E-state index contributed by atoms with van der Waals surface area (Å²) in [7, 11) is 1.67. The van der Waals surface area contributed by atoms with Crippen LogP contribution >= 0.6 is 11.8 Å². The Bertz CT molecular complexity index is 1010. The lowest BCUT2D eigenvalue weighted by molar-refractivity contribution is -0.110. The largest absolute Gasteiger partial charge is 0.363 e. The second-order valence-corrected chi connectivity index (χ2v) is 9.11. The first kappa shape index (κ1) is 24.7. The molecular formula is C28H31NO3S. The monoisotopic (exact) mass is 461 g/mol. The number of hydrogen-bond acceptors (Lipinski definition) is 5. The first-order valence-electron chi connectivity index (χ1n) is 11.5. The standard InChI is InChI=1S/C28H31NO3S/c1-3-4-5-12-17-26(29(2)32-28(31)23-13-8-6-9-14-23)27(30)22-18-20-25(21-19-22)33-24-15-10-7-11-16-24/h6-11,13-16,18-21,26H,3-5,12,17H2,1-2H3. The maximum absolute atomic E-state index is 13.4. The number of unbranched alkanes of at least 4 members (excludes halogenated alkanes) is 3. The summed E-state index contributed by atoms with van der Waals surface area (Å²) in [6.07, 6.45) is 4.84. The Labute approximate surface area is 200 Å². The van der Waals surface area contributed by atoms with Crippen LogP contribution in [0.1, 0.15) is 59.7 Å². The second kappa shape index (κ2) is 13.0. The van der Waals surface area contributed by atoms with Gasteiger partial charge in [-0.1, -0.05) is 92.9 Å². The van der Waals surface area contributed by atoms with E-state index in [0.29, 0.717) is 17.5 Å². The number of rotatable bonds is 12. The third kappa shape index (κ3) is 7.58. The van der Waals surface area contributed by atoms with Gasteiger partial charge >= 0.3 is 5.97 Å². The zero-order valence-electron chi connectivity index (χ0n) is 19.3. The number of likely N-dealkylation sites (N-methyl/N-ethyl adjacent to an activating group) is 1. The number of benzene rings is 3. The van der Waals surface area contributed by atoms with Crippen molar-refractivity contribution in [1.82, 2.24) is 5.06 Å². The predicted molar refractivity (Wildman–Crippen MR) is 134 cm³/mol. The minimum atomic E-state index is -0.526.